The van der Waals surface area contributed by atoms with E-state index in [2.05, 4.69) is 25.4 Å². The minimum Gasteiger partial charge on any atom is -0.380 e. The number of anilines is 1. The fraction of sp³-hybridized carbons (Fsp3) is 0.0435. The van der Waals surface area contributed by atoms with Crippen LogP contribution >= 0.6 is 0 Å². The van der Waals surface area contributed by atoms with Crippen molar-refractivity contribution < 1.29 is 0 Å². The van der Waals surface area contributed by atoms with Gasteiger partial charge in [0.1, 0.15) is 6.33 Å². The van der Waals surface area contributed by atoms with E-state index in [9.17, 15) is 0 Å². The summed E-state index contributed by atoms with van der Waals surface area (Å²) in [6, 6.07) is 24.1. The monoisotopic (exact) mass is 378 g/mol. The van der Waals surface area contributed by atoms with Gasteiger partial charge in [-0.05, 0) is 48.0 Å². The summed E-state index contributed by atoms with van der Waals surface area (Å²) in [5.41, 5.74) is 4.02. The van der Waals surface area contributed by atoms with Gasteiger partial charge < -0.3 is 5.32 Å². The Hall–Kier alpha value is -4.06. The summed E-state index contributed by atoms with van der Waals surface area (Å²) in [7, 11) is 0. The van der Waals surface area contributed by atoms with Crippen LogP contribution in [0.4, 0.5) is 5.69 Å². The van der Waals surface area contributed by atoms with Crippen molar-refractivity contribution in [3.8, 4) is 17.2 Å². The molecular formula is C23H18N6. The number of pyridine rings is 2. The molecule has 0 bridgehead atoms. The maximum atomic E-state index is 4.69. The van der Waals surface area contributed by atoms with E-state index in [4.69, 9.17) is 0 Å². The molecule has 5 rings (SSSR count). The SMILES string of the molecule is c1ccc(-c2ncn(-c3ccc4ccccc4n3)n2)c(NCc2ccncc2)c1. The van der Waals surface area contributed by atoms with Gasteiger partial charge in [-0.3, -0.25) is 4.98 Å². The number of fused-ring (bicyclic) bond motifs is 1. The van der Waals surface area contributed by atoms with Gasteiger partial charge in [0.2, 0.25) is 0 Å². The molecule has 0 aliphatic rings. The van der Waals surface area contributed by atoms with Crippen molar-refractivity contribution in [2.45, 2.75) is 6.54 Å². The first kappa shape index (κ1) is 17.1. The highest BCUT2D eigenvalue weighted by Crippen LogP contribution is 2.26. The first-order chi connectivity index (χ1) is 14.4. The average molecular weight is 378 g/mol. The molecule has 2 aromatic carbocycles. The highest BCUT2D eigenvalue weighted by molar-refractivity contribution is 5.79. The number of aromatic nitrogens is 5. The van der Waals surface area contributed by atoms with Crippen molar-refractivity contribution in [1.29, 1.82) is 0 Å². The number of benzene rings is 2. The molecule has 6 heteroatoms. The maximum absolute atomic E-state index is 4.69. The van der Waals surface area contributed by atoms with Crippen molar-refractivity contribution in [3.05, 3.63) is 97.1 Å². The van der Waals surface area contributed by atoms with Crippen LogP contribution in [-0.4, -0.2) is 24.7 Å². The summed E-state index contributed by atoms with van der Waals surface area (Å²) in [5, 5.41) is 9.23. The molecule has 6 nitrogen and oxygen atoms in total. The Bertz CT molecular complexity index is 1260. The van der Waals surface area contributed by atoms with Crippen molar-refractivity contribution >= 4 is 16.6 Å². The van der Waals surface area contributed by atoms with Gasteiger partial charge >= 0.3 is 0 Å². The van der Waals surface area contributed by atoms with E-state index in [1.165, 1.54) is 0 Å². The lowest BCUT2D eigenvalue weighted by Crippen LogP contribution is -2.02. The van der Waals surface area contributed by atoms with Crippen LogP contribution in [0.2, 0.25) is 0 Å². The molecule has 5 aromatic rings. The predicted octanol–water partition coefficient (Wildman–Crippen LogP) is 4.49. The molecule has 0 spiro atoms. The predicted molar refractivity (Wildman–Crippen MR) is 114 cm³/mol. The van der Waals surface area contributed by atoms with Gasteiger partial charge in [-0.15, -0.1) is 5.10 Å². The Kier molecular flexibility index (Phi) is 4.42. The summed E-state index contributed by atoms with van der Waals surface area (Å²) >= 11 is 0. The Labute approximate surface area is 167 Å². The van der Waals surface area contributed by atoms with Crippen LogP contribution in [0.25, 0.3) is 28.1 Å². The molecule has 3 heterocycles. The molecule has 3 aromatic heterocycles. The van der Waals surface area contributed by atoms with E-state index >= 15 is 0 Å². The van der Waals surface area contributed by atoms with Gasteiger partial charge in [-0.2, -0.15) is 0 Å². The van der Waals surface area contributed by atoms with Crippen molar-refractivity contribution in [1.82, 2.24) is 24.7 Å². The molecule has 0 unspecified atom stereocenters. The van der Waals surface area contributed by atoms with E-state index in [-0.39, 0.29) is 0 Å². The second-order valence-corrected chi connectivity index (χ2v) is 6.63. The van der Waals surface area contributed by atoms with Crippen molar-refractivity contribution in [3.63, 3.8) is 0 Å². The van der Waals surface area contributed by atoms with Crippen molar-refractivity contribution in [2.24, 2.45) is 0 Å². The number of para-hydroxylation sites is 2. The Morgan fingerprint density at radius 1 is 0.828 bits per heavy atom. The Balaban J connectivity index is 1.44. The van der Waals surface area contributed by atoms with Crippen LogP contribution < -0.4 is 5.32 Å². The molecule has 0 amide bonds. The Morgan fingerprint density at radius 3 is 2.59 bits per heavy atom. The second-order valence-electron chi connectivity index (χ2n) is 6.63. The van der Waals surface area contributed by atoms with Crippen LogP contribution in [0.1, 0.15) is 5.56 Å². The van der Waals surface area contributed by atoms with Crippen LogP contribution in [-0.2, 0) is 6.54 Å². The molecule has 0 radical (unpaired) electrons. The zero-order valence-electron chi connectivity index (χ0n) is 15.6. The van der Waals surface area contributed by atoms with Crippen LogP contribution in [0.3, 0.4) is 0 Å². The summed E-state index contributed by atoms with van der Waals surface area (Å²) < 4.78 is 1.71. The minimum atomic E-state index is 0.651. The van der Waals surface area contributed by atoms with E-state index in [0.29, 0.717) is 12.4 Å². The quantitative estimate of drug-likeness (QED) is 0.488. The van der Waals surface area contributed by atoms with Gasteiger partial charge in [0.05, 0.1) is 5.52 Å². The molecule has 0 saturated carbocycles. The molecule has 0 saturated heterocycles. The van der Waals surface area contributed by atoms with E-state index in [0.717, 1.165) is 33.5 Å². The summed E-state index contributed by atoms with van der Waals surface area (Å²) in [6.45, 7) is 0.701. The summed E-state index contributed by atoms with van der Waals surface area (Å²) in [6.07, 6.45) is 5.29. The fourth-order valence-electron chi connectivity index (χ4n) is 3.21. The second kappa shape index (κ2) is 7.52. The third kappa shape index (κ3) is 3.55. The summed E-state index contributed by atoms with van der Waals surface area (Å²) in [4.78, 5) is 13.3. The van der Waals surface area contributed by atoms with E-state index < -0.39 is 0 Å². The Morgan fingerprint density at radius 2 is 1.66 bits per heavy atom. The van der Waals surface area contributed by atoms with Crippen LogP contribution in [0.15, 0.2) is 91.5 Å². The highest BCUT2D eigenvalue weighted by atomic mass is 15.4. The molecule has 1 N–H and O–H groups in total. The molecule has 0 aliphatic heterocycles. The number of rotatable bonds is 5. The van der Waals surface area contributed by atoms with Gasteiger partial charge in [0.15, 0.2) is 11.6 Å². The molecule has 0 fully saturated rings. The first-order valence-corrected chi connectivity index (χ1v) is 9.37. The smallest absolute Gasteiger partial charge is 0.183 e. The lowest BCUT2D eigenvalue weighted by Gasteiger charge is -2.10. The van der Waals surface area contributed by atoms with Crippen LogP contribution in [0, 0.1) is 0 Å². The fourth-order valence-corrected chi connectivity index (χ4v) is 3.21. The van der Waals surface area contributed by atoms with E-state index in [1.807, 2.05) is 72.8 Å². The number of nitrogens with one attached hydrogen (secondary N) is 1. The standard InChI is InChI=1S/C23H18N6/c1-3-7-20-18(5-1)9-10-22(27-20)29-16-26-23(28-29)19-6-2-4-8-21(19)25-15-17-11-13-24-14-12-17/h1-14,16,25H,15H2. The molecule has 0 aliphatic carbocycles. The topological polar surface area (TPSA) is 68.5 Å². The zero-order chi connectivity index (χ0) is 19.5. The minimum absolute atomic E-state index is 0.651. The molecular weight excluding hydrogens is 360 g/mol. The van der Waals surface area contributed by atoms with Gasteiger partial charge in [0, 0.05) is 35.6 Å². The number of hydrogen-bond donors (Lipinski definition) is 1. The third-order valence-electron chi connectivity index (χ3n) is 4.71. The zero-order valence-corrected chi connectivity index (χ0v) is 15.6. The van der Waals surface area contributed by atoms with Gasteiger partial charge in [-0.1, -0.05) is 30.3 Å². The highest BCUT2D eigenvalue weighted by Gasteiger charge is 2.11. The summed E-state index contributed by atoms with van der Waals surface area (Å²) in [5.74, 6) is 1.39. The lowest BCUT2D eigenvalue weighted by molar-refractivity contribution is 0.854. The van der Waals surface area contributed by atoms with Crippen LogP contribution in [0.5, 0.6) is 0 Å². The third-order valence-corrected chi connectivity index (χ3v) is 4.71. The number of nitrogens with zero attached hydrogens (tertiary/aromatic N) is 5. The van der Waals surface area contributed by atoms with Gasteiger partial charge in [0.25, 0.3) is 0 Å². The lowest BCUT2D eigenvalue weighted by atomic mass is 10.1. The first-order valence-electron chi connectivity index (χ1n) is 9.37. The van der Waals surface area contributed by atoms with Gasteiger partial charge in [-0.25, -0.2) is 14.6 Å². The normalized spacial score (nSPS) is 10.9. The maximum Gasteiger partial charge on any atom is 0.183 e. The average Bonchev–Trinajstić information content (AvgIpc) is 3.28. The molecule has 29 heavy (non-hydrogen) atoms. The largest absolute Gasteiger partial charge is 0.380 e. The molecule has 0 atom stereocenters. The van der Waals surface area contributed by atoms with E-state index in [1.54, 1.807) is 23.4 Å². The number of hydrogen-bond acceptors (Lipinski definition) is 5. The van der Waals surface area contributed by atoms with Crippen molar-refractivity contribution in [2.75, 3.05) is 5.32 Å². The molecule has 140 valence electrons.